The average molecular weight is 537 g/mol. The molecule has 0 aromatic rings. The summed E-state index contributed by atoms with van der Waals surface area (Å²) in [5.74, 6) is -1.08. The Bertz CT molecular complexity index is 875. The first-order valence-corrected chi connectivity index (χ1v) is 13.9. The van der Waals surface area contributed by atoms with Gasteiger partial charge in [0.2, 0.25) is 0 Å². The van der Waals surface area contributed by atoms with E-state index in [4.69, 9.17) is 14.2 Å². The molecule has 0 amide bonds. The van der Waals surface area contributed by atoms with E-state index in [-0.39, 0.29) is 42.4 Å². The van der Waals surface area contributed by atoms with E-state index in [1.54, 1.807) is 25.2 Å². The fourth-order valence-corrected chi connectivity index (χ4v) is 4.99. The predicted octanol–water partition coefficient (Wildman–Crippen LogP) is 4.02. The van der Waals surface area contributed by atoms with Crippen molar-refractivity contribution in [1.82, 2.24) is 0 Å². The number of aliphatic hydroxyl groups is 3. The molecule has 2 aliphatic rings. The van der Waals surface area contributed by atoms with Crippen LogP contribution in [0.1, 0.15) is 80.6 Å². The summed E-state index contributed by atoms with van der Waals surface area (Å²) in [6, 6.07) is 0. The van der Waals surface area contributed by atoms with Gasteiger partial charge in [0, 0.05) is 25.2 Å². The minimum Gasteiger partial charge on any atom is -0.458 e. The van der Waals surface area contributed by atoms with Gasteiger partial charge in [-0.1, -0.05) is 52.0 Å². The zero-order chi connectivity index (χ0) is 28.6. The van der Waals surface area contributed by atoms with Crippen molar-refractivity contribution in [2.24, 2.45) is 17.8 Å². The molecule has 216 valence electrons. The topological polar surface area (TPSA) is 126 Å². The normalized spacial score (nSPS) is 35.3. The summed E-state index contributed by atoms with van der Waals surface area (Å²) in [7, 11) is 0. The molecule has 0 aromatic carbocycles. The van der Waals surface area contributed by atoms with Crippen molar-refractivity contribution in [2.45, 2.75) is 123 Å². The monoisotopic (exact) mass is 536 g/mol. The summed E-state index contributed by atoms with van der Waals surface area (Å²) in [5, 5.41) is 31.3. The number of hydrogen-bond donors (Lipinski definition) is 3. The number of epoxide rings is 1. The Morgan fingerprint density at radius 2 is 1.95 bits per heavy atom. The first-order chi connectivity index (χ1) is 17.7. The highest BCUT2D eigenvalue weighted by Gasteiger charge is 2.47. The van der Waals surface area contributed by atoms with Gasteiger partial charge in [-0.2, -0.15) is 0 Å². The zero-order valence-electron chi connectivity index (χ0n) is 24.0. The van der Waals surface area contributed by atoms with Gasteiger partial charge in [-0.05, 0) is 50.7 Å². The maximum atomic E-state index is 12.6. The highest BCUT2D eigenvalue weighted by atomic mass is 16.6. The van der Waals surface area contributed by atoms with Crippen LogP contribution in [0, 0.1) is 17.8 Å². The first kappa shape index (κ1) is 32.2. The van der Waals surface area contributed by atoms with Crippen molar-refractivity contribution in [3.8, 4) is 0 Å². The van der Waals surface area contributed by atoms with E-state index in [0.29, 0.717) is 25.7 Å². The lowest BCUT2D eigenvalue weighted by Gasteiger charge is -2.27. The summed E-state index contributed by atoms with van der Waals surface area (Å²) in [6.45, 7) is 12.7. The molecule has 1 saturated heterocycles. The fraction of sp³-hybridized carbons (Fsp3) is 0.733. The Balaban J connectivity index is 2.14. The van der Waals surface area contributed by atoms with Crippen molar-refractivity contribution in [2.75, 3.05) is 0 Å². The molecule has 0 bridgehead atoms. The zero-order valence-corrected chi connectivity index (χ0v) is 24.0. The van der Waals surface area contributed by atoms with Crippen molar-refractivity contribution in [1.29, 1.82) is 0 Å². The Hall–Kier alpha value is -2.00. The number of allylic oxidation sites excluding steroid dienone is 2. The van der Waals surface area contributed by atoms with Crippen LogP contribution < -0.4 is 0 Å². The van der Waals surface area contributed by atoms with E-state index in [9.17, 15) is 24.9 Å². The third-order valence-corrected chi connectivity index (χ3v) is 7.60. The average Bonchev–Trinajstić information content (AvgIpc) is 3.59. The lowest BCUT2D eigenvalue weighted by Crippen LogP contribution is -2.30. The molecule has 2 aliphatic heterocycles. The molecule has 8 heteroatoms. The van der Waals surface area contributed by atoms with Gasteiger partial charge in [0.1, 0.15) is 12.2 Å². The third kappa shape index (κ3) is 10.3. The summed E-state index contributed by atoms with van der Waals surface area (Å²) in [4.78, 5) is 24.2. The second kappa shape index (κ2) is 14.4. The lowest BCUT2D eigenvalue weighted by molar-refractivity contribution is -0.151. The number of cyclic esters (lactones) is 1. The van der Waals surface area contributed by atoms with Crippen LogP contribution in [0.3, 0.4) is 0 Å². The Labute approximate surface area is 227 Å². The number of aliphatic hydroxyl groups excluding tert-OH is 2. The summed E-state index contributed by atoms with van der Waals surface area (Å²) >= 11 is 0. The Morgan fingerprint density at radius 3 is 2.58 bits per heavy atom. The number of rotatable bonds is 9. The number of ether oxygens (including phenoxy) is 3. The Kier molecular flexibility index (Phi) is 12.2. The number of hydrogen-bond acceptors (Lipinski definition) is 8. The highest BCUT2D eigenvalue weighted by Crippen LogP contribution is 2.37. The van der Waals surface area contributed by atoms with E-state index in [2.05, 4.69) is 0 Å². The van der Waals surface area contributed by atoms with Crippen LogP contribution in [0.4, 0.5) is 0 Å². The largest absolute Gasteiger partial charge is 0.458 e. The summed E-state index contributed by atoms with van der Waals surface area (Å²) in [6.07, 6.45) is 8.48. The molecule has 10 unspecified atom stereocenters. The quantitative estimate of drug-likeness (QED) is 0.175. The van der Waals surface area contributed by atoms with Gasteiger partial charge in [0.15, 0.2) is 0 Å². The maximum Gasteiger partial charge on any atom is 0.309 e. The minimum atomic E-state index is -1.11. The lowest BCUT2D eigenvalue weighted by atomic mass is 9.91. The standard InChI is InChI=1S/C30H48O8/c1-8-24(33)21(5)29-26(37-29)17-30(7,35)15-9-10-19(3)28-20(4)12-14-25(36-22(6)31)18(2)11-13-23(32)16-27(34)38-28/h9-10,12,14-15,18,20-21,23-26,28-29,32-33,35H,8,11,13,16-17H2,1-7H3/b14-12+,15-9+,19-10+. The molecule has 0 aromatic heterocycles. The van der Waals surface area contributed by atoms with Crippen LogP contribution in [0.2, 0.25) is 0 Å². The summed E-state index contributed by atoms with van der Waals surface area (Å²) in [5.41, 5.74) is -0.342. The fourth-order valence-electron chi connectivity index (χ4n) is 4.99. The van der Waals surface area contributed by atoms with Crippen LogP contribution in [0.25, 0.3) is 0 Å². The van der Waals surface area contributed by atoms with E-state index in [1.165, 1.54) is 6.92 Å². The van der Waals surface area contributed by atoms with Gasteiger partial charge in [-0.25, -0.2) is 0 Å². The number of esters is 2. The molecular weight excluding hydrogens is 488 g/mol. The molecule has 2 rings (SSSR count). The molecule has 2 heterocycles. The van der Waals surface area contributed by atoms with Crippen LogP contribution in [0.5, 0.6) is 0 Å². The van der Waals surface area contributed by atoms with Crippen LogP contribution in [-0.2, 0) is 23.8 Å². The number of carbonyl (C=O) groups is 2. The molecule has 3 N–H and O–H groups in total. The van der Waals surface area contributed by atoms with Crippen LogP contribution in [-0.4, -0.2) is 69.5 Å². The molecule has 0 spiro atoms. The Morgan fingerprint density at radius 1 is 1.26 bits per heavy atom. The van der Waals surface area contributed by atoms with Crippen molar-refractivity contribution in [3.63, 3.8) is 0 Å². The molecule has 1 fully saturated rings. The van der Waals surface area contributed by atoms with Crippen LogP contribution >= 0.6 is 0 Å². The van der Waals surface area contributed by atoms with E-state index < -0.39 is 36.0 Å². The second-order valence-electron chi connectivity index (χ2n) is 11.4. The van der Waals surface area contributed by atoms with Crippen molar-refractivity contribution < 1.29 is 39.1 Å². The SMILES string of the molecule is CCC(O)C(C)C1OC1CC(C)(O)/C=C/C=C(\C)C1OC(=O)CC(O)CCC(C)C(OC(C)=O)/C=C/C1C. The van der Waals surface area contributed by atoms with Gasteiger partial charge in [-0.15, -0.1) is 0 Å². The van der Waals surface area contributed by atoms with E-state index in [1.807, 2.05) is 46.8 Å². The predicted molar refractivity (Wildman–Crippen MR) is 145 cm³/mol. The van der Waals surface area contributed by atoms with Gasteiger partial charge in [-0.3, -0.25) is 9.59 Å². The molecule has 0 radical (unpaired) electrons. The smallest absolute Gasteiger partial charge is 0.309 e. The molecule has 0 aliphatic carbocycles. The molecule has 10 atom stereocenters. The van der Waals surface area contributed by atoms with Gasteiger partial charge in [0.05, 0.1) is 36.4 Å². The maximum absolute atomic E-state index is 12.6. The minimum absolute atomic E-state index is 0.0131. The van der Waals surface area contributed by atoms with E-state index in [0.717, 1.165) is 5.57 Å². The second-order valence-corrected chi connectivity index (χ2v) is 11.4. The third-order valence-electron chi connectivity index (χ3n) is 7.60. The summed E-state index contributed by atoms with van der Waals surface area (Å²) < 4.78 is 17.0. The van der Waals surface area contributed by atoms with Crippen molar-refractivity contribution >= 4 is 11.9 Å². The van der Waals surface area contributed by atoms with E-state index >= 15 is 0 Å². The van der Waals surface area contributed by atoms with Crippen molar-refractivity contribution in [3.05, 3.63) is 36.0 Å². The first-order valence-electron chi connectivity index (χ1n) is 13.9. The van der Waals surface area contributed by atoms with Gasteiger partial charge < -0.3 is 29.5 Å². The molecule has 0 saturated carbocycles. The molecular formula is C30H48O8. The van der Waals surface area contributed by atoms with Gasteiger partial charge >= 0.3 is 11.9 Å². The van der Waals surface area contributed by atoms with Crippen LogP contribution in [0.15, 0.2) is 36.0 Å². The van der Waals surface area contributed by atoms with Gasteiger partial charge in [0.25, 0.3) is 0 Å². The molecule has 8 nitrogen and oxygen atoms in total. The number of carbonyl (C=O) groups excluding carboxylic acids is 2. The molecule has 38 heavy (non-hydrogen) atoms. The highest BCUT2D eigenvalue weighted by molar-refractivity contribution is 5.70.